The van der Waals surface area contributed by atoms with E-state index in [1.807, 2.05) is 50.2 Å². The Morgan fingerprint density at radius 1 is 1.14 bits per heavy atom. The molecule has 0 aliphatic carbocycles. The standard InChI is InChI=1S/C25H19N3O6.C2H6/c29-10-20(30)26-8-16-14-6-5-12-3-1-2-4-13(12)21(14)27-22-17(16)9-28-19(22)7-15-18(24(28)32)11-34-25(33)23(15)31;1-2/h1-7,23,29,31H,8-11H2,(H,26,30);1-2H3. The van der Waals surface area contributed by atoms with Crippen LogP contribution < -0.4 is 10.9 Å². The number of ether oxygens (including phenoxy) is 1. The number of aliphatic hydroxyl groups is 2. The summed E-state index contributed by atoms with van der Waals surface area (Å²) in [5.41, 5.74) is 3.45. The number of carbonyl (C=O) groups excluding carboxylic acids is 2. The average molecular weight is 488 g/mol. The highest BCUT2D eigenvalue weighted by Crippen LogP contribution is 2.39. The number of amides is 1. The van der Waals surface area contributed by atoms with Gasteiger partial charge in [-0.25, -0.2) is 9.78 Å². The Bertz CT molecular complexity index is 1610. The molecule has 2 aliphatic rings. The van der Waals surface area contributed by atoms with Crippen molar-refractivity contribution in [3.8, 4) is 11.4 Å². The Morgan fingerprint density at radius 2 is 1.92 bits per heavy atom. The maximum Gasteiger partial charge on any atom is 0.340 e. The third-order valence-electron chi connectivity index (χ3n) is 6.58. The van der Waals surface area contributed by atoms with E-state index < -0.39 is 24.6 Å². The van der Waals surface area contributed by atoms with E-state index >= 15 is 0 Å². The minimum atomic E-state index is -1.53. The van der Waals surface area contributed by atoms with Gasteiger partial charge in [-0.05, 0) is 17.0 Å². The number of aliphatic hydroxyl groups excluding tert-OH is 2. The number of fused-ring (bicyclic) bond motifs is 7. The lowest BCUT2D eigenvalue weighted by atomic mass is 9.96. The molecule has 0 spiro atoms. The van der Waals surface area contributed by atoms with Crippen LogP contribution in [0.2, 0.25) is 0 Å². The first kappa shape index (κ1) is 23.7. The predicted molar refractivity (Wildman–Crippen MR) is 133 cm³/mol. The van der Waals surface area contributed by atoms with E-state index in [1.54, 1.807) is 10.6 Å². The quantitative estimate of drug-likeness (QED) is 0.263. The highest BCUT2D eigenvalue weighted by atomic mass is 16.5. The molecule has 4 aromatic rings. The summed E-state index contributed by atoms with van der Waals surface area (Å²) in [5.74, 6) is -1.30. The van der Waals surface area contributed by atoms with Crippen LogP contribution in [0.3, 0.4) is 0 Å². The molecule has 6 rings (SSSR count). The average Bonchev–Trinajstić information content (AvgIpc) is 3.28. The van der Waals surface area contributed by atoms with Crippen LogP contribution in [0.4, 0.5) is 0 Å². The van der Waals surface area contributed by atoms with E-state index in [-0.39, 0.29) is 36.4 Å². The van der Waals surface area contributed by atoms with Gasteiger partial charge in [-0.2, -0.15) is 0 Å². The van der Waals surface area contributed by atoms with Crippen LogP contribution in [0.15, 0.2) is 47.3 Å². The van der Waals surface area contributed by atoms with Gasteiger partial charge in [-0.3, -0.25) is 9.59 Å². The van der Waals surface area contributed by atoms with Crippen molar-refractivity contribution in [2.45, 2.75) is 39.6 Å². The van der Waals surface area contributed by atoms with Gasteiger partial charge in [0.05, 0.1) is 29.0 Å². The van der Waals surface area contributed by atoms with E-state index in [0.29, 0.717) is 16.9 Å². The fourth-order valence-electron chi connectivity index (χ4n) is 4.89. The lowest BCUT2D eigenvalue weighted by Gasteiger charge is -2.21. The molecule has 9 nitrogen and oxygen atoms in total. The number of cyclic esters (lactones) is 1. The first-order chi connectivity index (χ1) is 17.5. The molecule has 36 heavy (non-hydrogen) atoms. The van der Waals surface area contributed by atoms with Gasteiger partial charge < -0.3 is 24.8 Å². The van der Waals surface area contributed by atoms with Gasteiger partial charge in [-0.1, -0.05) is 50.2 Å². The summed E-state index contributed by atoms with van der Waals surface area (Å²) in [4.78, 5) is 42.0. The van der Waals surface area contributed by atoms with Crippen LogP contribution in [0, 0.1) is 0 Å². The van der Waals surface area contributed by atoms with Crippen LogP contribution in [-0.2, 0) is 34.0 Å². The molecule has 2 aromatic carbocycles. The molecular weight excluding hydrogens is 462 g/mol. The molecule has 0 bridgehead atoms. The van der Waals surface area contributed by atoms with Gasteiger partial charge in [0.25, 0.3) is 5.56 Å². The Kier molecular flexibility index (Phi) is 6.03. The maximum atomic E-state index is 13.3. The Balaban J connectivity index is 0.00000130. The highest BCUT2D eigenvalue weighted by Gasteiger charge is 2.34. The van der Waals surface area contributed by atoms with Crippen molar-refractivity contribution in [1.29, 1.82) is 0 Å². The number of nitrogens with zero attached hydrogens (tertiary/aromatic N) is 2. The molecule has 0 fully saturated rings. The number of nitrogens with one attached hydrogen (secondary N) is 1. The first-order valence-corrected chi connectivity index (χ1v) is 11.8. The smallest absolute Gasteiger partial charge is 0.340 e. The Hall–Kier alpha value is -4.08. The number of pyridine rings is 2. The van der Waals surface area contributed by atoms with E-state index in [1.165, 1.54) is 0 Å². The molecule has 3 N–H and O–H groups in total. The third kappa shape index (κ3) is 3.55. The van der Waals surface area contributed by atoms with E-state index in [2.05, 4.69) is 5.32 Å². The molecule has 1 unspecified atom stereocenters. The number of benzene rings is 2. The minimum absolute atomic E-state index is 0.145. The van der Waals surface area contributed by atoms with Crippen molar-refractivity contribution in [3.63, 3.8) is 0 Å². The van der Waals surface area contributed by atoms with Crippen LogP contribution in [0.1, 0.15) is 42.2 Å². The fourth-order valence-corrected chi connectivity index (χ4v) is 4.89. The molecule has 0 saturated heterocycles. The summed E-state index contributed by atoms with van der Waals surface area (Å²) in [6, 6.07) is 13.4. The third-order valence-corrected chi connectivity index (χ3v) is 6.58. The second-order valence-corrected chi connectivity index (χ2v) is 8.40. The zero-order valence-corrected chi connectivity index (χ0v) is 19.9. The summed E-state index contributed by atoms with van der Waals surface area (Å²) in [7, 11) is 0. The summed E-state index contributed by atoms with van der Waals surface area (Å²) in [6.45, 7) is 3.54. The number of carbonyl (C=O) groups is 2. The van der Waals surface area contributed by atoms with Gasteiger partial charge in [0.1, 0.15) is 13.2 Å². The number of aromatic nitrogens is 2. The molecule has 2 aliphatic heterocycles. The van der Waals surface area contributed by atoms with Gasteiger partial charge in [-0.15, -0.1) is 0 Å². The molecule has 2 aromatic heterocycles. The second kappa shape index (κ2) is 9.18. The monoisotopic (exact) mass is 487 g/mol. The van der Waals surface area contributed by atoms with Gasteiger partial charge in [0, 0.05) is 28.4 Å². The zero-order chi connectivity index (χ0) is 25.6. The topological polar surface area (TPSA) is 131 Å². The molecule has 0 radical (unpaired) electrons. The normalized spacial score (nSPS) is 15.4. The summed E-state index contributed by atoms with van der Waals surface area (Å²) in [6.07, 6.45) is -1.53. The van der Waals surface area contributed by atoms with Gasteiger partial charge >= 0.3 is 5.97 Å². The zero-order valence-electron chi connectivity index (χ0n) is 19.9. The van der Waals surface area contributed by atoms with E-state index in [9.17, 15) is 24.6 Å². The van der Waals surface area contributed by atoms with Crippen molar-refractivity contribution in [2.75, 3.05) is 6.61 Å². The van der Waals surface area contributed by atoms with Gasteiger partial charge in [0.15, 0.2) is 6.10 Å². The van der Waals surface area contributed by atoms with E-state index in [0.717, 1.165) is 27.3 Å². The number of esters is 1. The largest absolute Gasteiger partial charge is 0.458 e. The fraction of sp³-hybridized carbons (Fsp3) is 0.259. The predicted octanol–water partition coefficient (Wildman–Crippen LogP) is 2.30. The van der Waals surface area contributed by atoms with E-state index in [4.69, 9.17) is 9.72 Å². The Labute approximate surface area is 206 Å². The van der Waals surface area contributed by atoms with Crippen molar-refractivity contribution in [2.24, 2.45) is 0 Å². The molecule has 0 saturated carbocycles. The number of hydrogen-bond donors (Lipinski definition) is 3. The lowest BCUT2D eigenvalue weighted by molar-refractivity contribution is -0.157. The molecule has 1 atom stereocenters. The molecule has 4 heterocycles. The van der Waals surface area contributed by atoms with Crippen LogP contribution >= 0.6 is 0 Å². The van der Waals surface area contributed by atoms with Crippen LogP contribution in [0.5, 0.6) is 0 Å². The highest BCUT2D eigenvalue weighted by molar-refractivity contribution is 6.07. The van der Waals surface area contributed by atoms with Crippen LogP contribution in [0.25, 0.3) is 33.1 Å². The van der Waals surface area contributed by atoms with Crippen molar-refractivity contribution in [1.82, 2.24) is 14.9 Å². The maximum absolute atomic E-state index is 13.3. The van der Waals surface area contributed by atoms with Crippen molar-refractivity contribution >= 4 is 33.6 Å². The summed E-state index contributed by atoms with van der Waals surface area (Å²) in [5, 5.41) is 25.0. The van der Waals surface area contributed by atoms with Gasteiger partial charge in [0.2, 0.25) is 5.91 Å². The van der Waals surface area contributed by atoms with Crippen LogP contribution in [-0.4, -0.2) is 38.2 Å². The molecule has 1 amide bonds. The SMILES string of the molecule is CC.O=C(CO)NCc1c2c(nc3c1ccc1ccccc13)-c1cc3c(c(=O)n1C2)COC(=O)C3O. The second-order valence-electron chi connectivity index (χ2n) is 8.40. The number of rotatable bonds is 3. The number of hydrogen-bond acceptors (Lipinski definition) is 7. The summed E-state index contributed by atoms with van der Waals surface area (Å²) >= 11 is 0. The molecule has 184 valence electrons. The first-order valence-electron chi connectivity index (χ1n) is 11.8. The van der Waals surface area contributed by atoms with Crippen molar-refractivity contribution < 1.29 is 24.5 Å². The minimum Gasteiger partial charge on any atom is -0.458 e. The molecule has 9 heteroatoms. The summed E-state index contributed by atoms with van der Waals surface area (Å²) < 4.78 is 6.51. The Morgan fingerprint density at radius 3 is 2.69 bits per heavy atom. The lowest BCUT2D eigenvalue weighted by Crippen LogP contribution is -2.32. The van der Waals surface area contributed by atoms with Crippen molar-refractivity contribution in [3.05, 3.63) is 75.1 Å². The molecular formula is C27H25N3O6.